The highest BCUT2D eigenvalue weighted by Gasteiger charge is 2.36. The molecule has 8 nitrogen and oxygen atoms in total. The van der Waals surface area contributed by atoms with Gasteiger partial charge in [0.25, 0.3) is 0 Å². The van der Waals surface area contributed by atoms with Gasteiger partial charge in [-0.2, -0.15) is 5.10 Å². The molecule has 1 N–H and O–H groups in total. The lowest BCUT2D eigenvalue weighted by molar-refractivity contribution is 0.171. The lowest BCUT2D eigenvalue weighted by Gasteiger charge is -2.31. The van der Waals surface area contributed by atoms with Crippen LogP contribution in [0.4, 0.5) is 10.5 Å². The van der Waals surface area contributed by atoms with E-state index in [2.05, 4.69) is 47.3 Å². The van der Waals surface area contributed by atoms with Crippen molar-refractivity contribution in [2.45, 2.75) is 26.4 Å². The fourth-order valence-electron chi connectivity index (χ4n) is 5.66. The molecular formula is C32H29N5O3. The van der Waals surface area contributed by atoms with Gasteiger partial charge in [-0.3, -0.25) is 0 Å². The zero-order valence-corrected chi connectivity index (χ0v) is 22.4. The van der Waals surface area contributed by atoms with E-state index in [1.54, 1.807) is 0 Å². The van der Waals surface area contributed by atoms with E-state index in [1.165, 1.54) is 0 Å². The van der Waals surface area contributed by atoms with Crippen LogP contribution in [-0.2, 0) is 6.54 Å². The maximum Gasteiger partial charge on any atom is 0.322 e. The molecule has 7 rings (SSSR count). The van der Waals surface area contributed by atoms with Crippen LogP contribution < -0.4 is 14.8 Å². The van der Waals surface area contributed by atoms with Crippen LogP contribution in [0.5, 0.6) is 11.5 Å². The van der Waals surface area contributed by atoms with Gasteiger partial charge in [0.05, 0.1) is 29.7 Å². The number of ether oxygens (including phenoxy) is 2. The number of amides is 2. The number of aryl methyl sites for hydroxylation is 2. The van der Waals surface area contributed by atoms with E-state index >= 15 is 0 Å². The van der Waals surface area contributed by atoms with Crippen molar-refractivity contribution in [3.8, 4) is 23.0 Å². The minimum Gasteiger partial charge on any atom is -0.486 e. The Bertz CT molecular complexity index is 1720. The molecule has 2 amide bonds. The molecule has 8 heteroatoms. The number of nitrogens with zero attached hydrogens (tertiary/aromatic N) is 4. The summed E-state index contributed by atoms with van der Waals surface area (Å²) < 4.78 is 15.6. The number of rotatable bonds is 3. The number of para-hydroxylation sites is 1. The Morgan fingerprint density at radius 1 is 0.900 bits per heavy atom. The van der Waals surface area contributed by atoms with Crippen LogP contribution in [0.25, 0.3) is 11.5 Å². The summed E-state index contributed by atoms with van der Waals surface area (Å²) in [7, 11) is 0. The molecule has 2 aliphatic heterocycles. The van der Waals surface area contributed by atoms with Crippen LogP contribution >= 0.6 is 0 Å². The highest BCUT2D eigenvalue weighted by Crippen LogP contribution is 2.39. The highest BCUT2D eigenvalue weighted by molar-refractivity contribution is 5.90. The summed E-state index contributed by atoms with van der Waals surface area (Å²) in [5.41, 5.74) is 6.64. The van der Waals surface area contributed by atoms with Gasteiger partial charge in [-0.15, -0.1) is 0 Å². The Balaban J connectivity index is 1.36. The molecule has 5 aromatic rings. The van der Waals surface area contributed by atoms with E-state index in [0.29, 0.717) is 36.9 Å². The van der Waals surface area contributed by atoms with E-state index in [4.69, 9.17) is 14.6 Å². The largest absolute Gasteiger partial charge is 0.486 e. The zero-order valence-electron chi connectivity index (χ0n) is 22.4. The molecule has 0 radical (unpaired) electrons. The van der Waals surface area contributed by atoms with Crippen LogP contribution in [0.3, 0.4) is 0 Å². The monoisotopic (exact) mass is 531 g/mol. The summed E-state index contributed by atoms with van der Waals surface area (Å²) in [5.74, 6) is 2.25. The number of hydrogen-bond donors (Lipinski definition) is 1. The Hall–Kier alpha value is -4.98. The van der Waals surface area contributed by atoms with Crippen molar-refractivity contribution in [2.24, 2.45) is 0 Å². The van der Waals surface area contributed by atoms with Crippen molar-refractivity contribution >= 4 is 11.7 Å². The first kappa shape index (κ1) is 24.1. The van der Waals surface area contributed by atoms with Gasteiger partial charge >= 0.3 is 6.03 Å². The summed E-state index contributed by atoms with van der Waals surface area (Å²) in [5, 5.41) is 8.06. The van der Waals surface area contributed by atoms with Crippen LogP contribution in [-0.4, -0.2) is 38.5 Å². The Morgan fingerprint density at radius 2 is 1.73 bits per heavy atom. The molecule has 0 fully saturated rings. The van der Waals surface area contributed by atoms with Gasteiger partial charge in [0.15, 0.2) is 11.5 Å². The van der Waals surface area contributed by atoms with Crippen molar-refractivity contribution in [3.63, 3.8) is 0 Å². The SMILES string of the molecule is Cc1cccc(C2c3cccn3-c3c(c(C)nn3-c3ccccc3)CN2C(=O)Nc2ccc3c(c2)OCCO3)c1. The standard InChI is InChI=1S/C32H29N5O3/c1-21-8-6-9-23(18-21)30-27-12-7-15-35(27)31-26(22(2)34-37(31)25-10-4-3-5-11-25)20-36(30)32(38)33-24-13-14-28-29(19-24)40-17-16-39-28/h3-15,18-19,30H,16-17,20H2,1-2H3,(H,33,38). The number of hydrogen-bond acceptors (Lipinski definition) is 4. The summed E-state index contributed by atoms with van der Waals surface area (Å²) in [6.07, 6.45) is 2.06. The number of aromatic nitrogens is 3. The number of carbonyl (C=O) groups excluding carboxylic acids is 1. The molecule has 1 atom stereocenters. The number of carbonyl (C=O) groups is 1. The molecule has 2 aliphatic rings. The first-order valence-corrected chi connectivity index (χ1v) is 13.4. The molecule has 2 aromatic heterocycles. The normalized spacial score (nSPS) is 15.7. The molecule has 40 heavy (non-hydrogen) atoms. The highest BCUT2D eigenvalue weighted by atomic mass is 16.6. The van der Waals surface area contributed by atoms with Crippen molar-refractivity contribution in [3.05, 3.63) is 119 Å². The molecule has 4 heterocycles. The fraction of sp³-hybridized carbons (Fsp3) is 0.188. The summed E-state index contributed by atoms with van der Waals surface area (Å²) in [6, 6.07) is 27.5. The van der Waals surface area contributed by atoms with Gasteiger partial charge in [0.1, 0.15) is 19.0 Å². The van der Waals surface area contributed by atoms with Crippen LogP contribution in [0.15, 0.2) is 91.1 Å². The third kappa shape index (κ3) is 4.09. The van der Waals surface area contributed by atoms with Crippen LogP contribution in [0, 0.1) is 13.8 Å². The minimum absolute atomic E-state index is 0.212. The lowest BCUT2D eigenvalue weighted by atomic mass is 10.00. The molecule has 1 unspecified atom stereocenters. The average molecular weight is 532 g/mol. The van der Waals surface area contributed by atoms with E-state index < -0.39 is 0 Å². The second-order valence-electron chi connectivity index (χ2n) is 10.2. The predicted molar refractivity (Wildman–Crippen MR) is 153 cm³/mol. The van der Waals surface area contributed by atoms with Gasteiger partial charge in [0, 0.05) is 23.5 Å². The second kappa shape index (κ2) is 9.64. The quantitative estimate of drug-likeness (QED) is 0.301. The predicted octanol–water partition coefficient (Wildman–Crippen LogP) is 6.19. The molecule has 0 bridgehead atoms. The van der Waals surface area contributed by atoms with Crippen LogP contribution in [0.2, 0.25) is 0 Å². The maximum absolute atomic E-state index is 14.2. The van der Waals surface area contributed by atoms with Gasteiger partial charge < -0.3 is 24.3 Å². The van der Waals surface area contributed by atoms with E-state index in [-0.39, 0.29) is 12.1 Å². The van der Waals surface area contributed by atoms with Crippen molar-refractivity contribution in [1.29, 1.82) is 0 Å². The smallest absolute Gasteiger partial charge is 0.322 e. The second-order valence-corrected chi connectivity index (χ2v) is 10.2. The van der Waals surface area contributed by atoms with Gasteiger partial charge in [-0.25, -0.2) is 9.48 Å². The zero-order chi connectivity index (χ0) is 27.2. The number of urea groups is 1. The molecule has 0 saturated heterocycles. The number of nitrogens with one attached hydrogen (secondary N) is 1. The van der Waals surface area contributed by atoms with Crippen molar-refractivity contribution in [1.82, 2.24) is 19.2 Å². The Morgan fingerprint density at radius 3 is 2.55 bits per heavy atom. The molecule has 0 aliphatic carbocycles. The maximum atomic E-state index is 14.2. The molecule has 200 valence electrons. The van der Waals surface area contributed by atoms with Gasteiger partial charge in [-0.05, 0) is 55.8 Å². The summed E-state index contributed by atoms with van der Waals surface area (Å²) >= 11 is 0. The average Bonchev–Trinajstić information content (AvgIpc) is 3.53. The number of anilines is 1. The van der Waals surface area contributed by atoms with Gasteiger partial charge in [-0.1, -0.05) is 48.0 Å². The molecule has 0 saturated carbocycles. The van der Waals surface area contributed by atoms with Crippen molar-refractivity contribution in [2.75, 3.05) is 18.5 Å². The van der Waals surface area contributed by atoms with E-state index in [0.717, 1.165) is 39.6 Å². The summed E-state index contributed by atoms with van der Waals surface area (Å²) in [6.45, 7) is 5.46. The lowest BCUT2D eigenvalue weighted by Crippen LogP contribution is -2.38. The van der Waals surface area contributed by atoms with E-state index in [1.807, 2.05) is 77.2 Å². The Labute approximate surface area is 232 Å². The minimum atomic E-state index is -0.330. The first-order valence-electron chi connectivity index (χ1n) is 13.4. The summed E-state index contributed by atoms with van der Waals surface area (Å²) in [4.78, 5) is 16.1. The molecule has 0 spiro atoms. The van der Waals surface area contributed by atoms with E-state index in [9.17, 15) is 4.79 Å². The third-order valence-corrected chi connectivity index (χ3v) is 7.50. The Kier molecular flexibility index (Phi) is 5.81. The molecular weight excluding hydrogens is 502 g/mol. The number of benzene rings is 3. The topological polar surface area (TPSA) is 73.6 Å². The third-order valence-electron chi connectivity index (χ3n) is 7.50. The number of fused-ring (bicyclic) bond motifs is 4. The first-order chi connectivity index (χ1) is 19.6. The molecule has 3 aromatic carbocycles. The van der Waals surface area contributed by atoms with Gasteiger partial charge in [0.2, 0.25) is 0 Å². The van der Waals surface area contributed by atoms with Crippen molar-refractivity contribution < 1.29 is 14.3 Å². The fourth-order valence-corrected chi connectivity index (χ4v) is 5.66. The van der Waals surface area contributed by atoms with Crippen LogP contribution in [0.1, 0.15) is 34.1 Å².